The Morgan fingerprint density at radius 1 is 1.28 bits per heavy atom. The smallest absolute Gasteiger partial charge is 0.269 e. The Kier molecular flexibility index (Phi) is 5.30. The van der Waals surface area contributed by atoms with Gasteiger partial charge in [0.15, 0.2) is 4.34 Å². The number of anilines is 1. The predicted molar refractivity (Wildman–Crippen MR) is 101 cm³/mol. The quantitative estimate of drug-likeness (QED) is 0.384. The minimum atomic E-state index is -0.469. The average Bonchev–Trinajstić information content (AvgIpc) is 3.02. The highest BCUT2D eigenvalue weighted by Gasteiger charge is 2.20. The summed E-state index contributed by atoms with van der Waals surface area (Å²) < 4.78 is 1.95. The van der Waals surface area contributed by atoms with Crippen LogP contribution in [0.5, 0.6) is 0 Å². The molecule has 1 aromatic heterocycles. The Labute approximate surface area is 152 Å². The molecular formula is C17H15N3O3S2. The second-order valence-electron chi connectivity index (χ2n) is 5.26. The number of amides is 1. The van der Waals surface area contributed by atoms with Crippen molar-refractivity contribution >= 4 is 50.6 Å². The first kappa shape index (κ1) is 17.4. The number of thioether (sulfide) groups is 1. The standard InChI is InChI=1S/C17H15N3O3S2/c1-2-14(24-17-19-13-5-3-4-6-15(13)25-17)16(21)18-11-7-9-12(10-8-11)20(22)23/h3-10,14H,2H2,1H3,(H,18,21). The SMILES string of the molecule is CCC(Sc1nc2ccccc2s1)C(=O)Nc1ccc([N+](=O)[O-])cc1. The lowest BCUT2D eigenvalue weighted by Crippen LogP contribution is -2.24. The van der Waals surface area contributed by atoms with E-state index in [1.165, 1.54) is 36.0 Å². The van der Waals surface area contributed by atoms with Crippen molar-refractivity contribution < 1.29 is 9.72 Å². The summed E-state index contributed by atoms with van der Waals surface area (Å²) >= 11 is 3.00. The van der Waals surface area contributed by atoms with Crippen LogP contribution in [-0.2, 0) is 4.79 Å². The van der Waals surface area contributed by atoms with Crippen molar-refractivity contribution in [2.24, 2.45) is 0 Å². The van der Waals surface area contributed by atoms with E-state index in [4.69, 9.17) is 0 Å². The van der Waals surface area contributed by atoms with Gasteiger partial charge in [0.05, 0.1) is 20.4 Å². The monoisotopic (exact) mass is 373 g/mol. The summed E-state index contributed by atoms with van der Waals surface area (Å²) in [5, 5.41) is 13.2. The van der Waals surface area contributed by atoms with Gasteiger partial charge in [0.1, 0.15) is 0 Å². The van der Waals surface area contributed by atoms with E-state index >= 15 is 0 Å². The third kappa shape index (κ3) is 4.15. The molecule has 1 N–H and O–H groups in total. The number of non-ortho nitro benzene ring substituents is 1. The van der Waals surface area contributed by atoms with Gasteiger partial charge in [-0.2, -0.15) is 0 Å². The third-order valence-corrected chi connectivity index (χ3v) is 6.02. The normalized spacial score (nSPS) is 12.0. The molecule has 0 spiro atoms. The van der Waals surface area contributed by atoms with Gasteiger partial charge in [0.25, 0.3) is 5.69 Å². The number of rotatable bonds is 6. The maximum absolute atomic E-state index is 12.5. The van der Waals surface area contributed by atoms with E-state index in [1.54, 1.807) is 11.3 Å². The van der Waals surface area contributed by atoms with E-state index in [0.717, 1.165) is 14.6 Å². The van der Waals surface area contributed by atoms with Crippen molar-refractivity contribution in [1.82, 2.24) is 4.98 Å². The number of benzene rings is 2. The van der Waals surface area contributed by atoms with Crippen LogP contribution in [0.3, 0.4) is 0 Å². The van der Waals surface area contributed by atoms with E-state index in [0.29, 0.717) is 12.1 Å². The molecule has 0 aliphatic carbocycles. The zero-order valence-electron chi connectivity index (χ0n) is 13.3. The zero-order valence-corrected chi connectivity index (χ0v) is 15.0. The fourth-order valence-corrected chi connectivity index (χ4v) is 4.47. The molecule has 8 heteroatoms. The number of nitrogens with one attached hydrogen (secondary N) is 1. The van der Waals surface area contributed by atoms with E-state index in [2.05, 4.69) is 10.3 Å². The van der Waals surface area contributed by atoms with Gasteiger partial charge in [-0.1, -0.05) is 30.8 Å². The van der Waals surface area contributed by atoms with Crippen LogP contribution >= 0.6 is 23.1 Å². The summed E-state index contributed by atoms with van der Waals surface area (Å²) in [6.45, 7) is 1.94. The van der Waals surface area contributed by atoms with Crippen molar-refractivity contribution in [3.05, 3.63) is 58.6 Å². The number of fused-ring (bicyclic) bond motifs is 1. The first-order valence-corrected chi connectivity index (χ1v) is 9.34. The molecule has 1 amide bonds. The molecule has 2 aromatic carbocycles. The Balaban J connectivity index is 1.69. The lowest BCUT2D eigenvalue weighted by molar-refractivity contribution is -0.384. The number of carbonyl (C=O) groups excluding carboxylic acids is 1. The minimum absolute atomic E-state index is 0.00566. The molecule has 0 aliphatic heterocycles. The number of nitro groups is 1. The molecule has 0 fully saturated rings. The number of nitrogens with zero attached hydrogens (tertiary/aromatic N) is 2. The van der Waals surface area contributed by atoms with Crippen molar-refractivity contribution in [3.8, 4) is 0 Å². The molecule has 25 heavy (non-hydrogen) atoms. The van der Waals surface area contributed by atoms with Crippen LogP contribution < -0.4 is 5.32 Å². The van der Waals surface area contributed by atoms with Crippen LogP contribution in [0.1, 0.15) is 13.3 Å². The maximum Gasteiger partial charge on any atom is 0.269 e. The molecule has 0 saturated carbocycles. The summed E-state index contributed by atoms with van der Waals surface area (Å²) in [4.78, 5) is 27.2. The number of nitro benzene ring substituents is 1. The highest BCUT2D eigenvalue weighted by Crippen LogP contribution is 2.33. The van der Waals surface area contributed by atoms with Crippen molar-refractivity contribution in [3.63, 3.8) is 0 Å². The summed E-state index contributed by atoms with van der Waals surface area (Å²) in [5.74, 6) is -0.138. The molecule has 0 saturated heterocycles. The first-order valence-electron chi connectivity index (χ1n) is 7.64. The summed E-state index contributed by atoms with van der Waals surface area (Å²) in [5.41, 5.74) is 1.47. The van der Waals surface area contributed by atoms with E-state index in [-0.39, 0.29) is 16.8 Å². The Bertz CT molecular complexity index is 876. The van der Waals surface area contributed by atoms with Crippen molar-refractivity contribution in [2.45, 2.75) is 22.9 Å². The number of carbonyl (C=O) groups is 1. The Morgan fingerprint density at radius 3 is 2.64 bits per heavy atom. The van der Waals surface area contributed by atoms with Gasteiger partial charge in [0, 0.05) is 17.8 Å². The highest BCUT2D eigenvalue weighted by molar-refractivity contribution is 8.02. The van der Waals surface area contributed by atoms with Gasteiger partial charge in [-0.3, -0.25) is 14.9 Å². The second-order valence-corrected chi connectivity index (χ2v) is 7.74. The van der Waals surface area contributed by atoms with E-state index in [9.17, 15) is 14.9 Å². The van der Waals surface area contributed by atoms with Gasteiger partial charge in [-0.15, -0.1) is 11.3 Å². The van der Waals surface area contributed by atoms with Gasteiger partial charge >= 0.3 is 0 Å². The number of hydrogen-bond acceptors (Lipinski definition) is 6. The van der Waals surface area contributed by atoms with E-state index in [1.807, 2.05) is 31.2 Å². The number of aromatic nitrogens is 1. The molecule has 1 heterocycles. The average molecular weight is 373 g/mol. The van der Waals surface area contributed by atoms with Crippen LogP contribution in [-0.4, -0.2) is 21.1 Å². The topological polar surface area (TPSA) is 85.1 Å². The first-order chi connectivity index (χ1) is 12.1. The third-order valence-electron chi connectivity index (χ3n) is 3.53. The molecular weight excluding hydrogens is 358 g/mol. The second kappa shape index (κ2) is 7.62. The van der Waals surface area contributed by atoms with E-state index < -0.39 is 4.92 Å². The molecule has 3 rings (SSSR count). The summed E-state index contributed by atoms with van der Waals surface area (Å²) in [6, 6.07) is 13.7. The van der Waals surface area contributed by atoms with Gasteiger partial charge in [-0.05, 0) is 30.7 Å². The van der Waals surface area contributed by atoms with Crippen LogP contribution in [0, 0.1) is 10.1 Å². The number of thiazole rings is 1. The van der Waals surface area contributed by atoms with Crippen LogP contribution in [0.25, 0.3) is 10.2 Å². The van der Waals surface area contributed by atoms with Crippen molar-refractivity contribution in [1.29, 1.82) is 0 Å². The molecule has 6 nitrogen and oxygen atoms in total. The summed E-state index contributed by atoms with van der Waals surface area (Å²) in [6.07, 6.45) is 0.652. The van der Waals surface area contributed by atoms with Crippen LogP contribution in [0.2, 0.25) is 0 Å². The fraction of sp³-hybridized carbons (Fsp3) is 0.176. The van der Waals surface area contributed by atoms with Crippen LogP contribution in [0.15, 0.2) is 52.9 Å². The van der Waals surface area contributed by atoms with Gasteiger partial charge in [0.2, 0.25) is 5.91 Å². The largest absolute Gasteiger partial charge is 0.325 e. The maximum atomic E-state index is 12.5. The summed E-state index contributed by atoms with van der Waals surface area (Å²) in [7, 11) is 0. The van der Waals surface area contributed by atoms with Crippen molar-refractivity contribution in [2.75, 3.05) is 5.32 Å². The Morgan fingerprint density at radius 2 is 2.00 bits per heavy atom. The van der Waals surface area contributed by atoms with Gasteiger partial charge < -0.3 is 5.32 Å². The lowest BCUT2D eigenvalue weighted by Gasteiger charge is -2.13. The van der Waals surface area contributed by atoms with Crippen LogP contribution in [0.4, 0.5) is 11.4 Å². The molecule has 1 unspecified atom stereocenters. The molecule has 1 atom stereocenters. The zero-order chi connectivity index (χ0) is 17.8. The molecule has 128 valence electrons. The number of para-hydroxylation sites is 1. The number of hydrogen-bond donors (Lipinski definition) is 1. The molecule has 0 aliphatic rings. The minimum Gasteiger partial charge on any atom is -0.325 e. The Hall–Kier alpha value is -2.45. The lowest BCUT2D eigenvalue weighted by atomic mass is 10.2. The highest BCUT2D eigenvalue weighted by atomic mass is 32.2. The molecule has 0 radical (unpaired) electrons. The fourth-order valence-electron chi connectivity index (χ4n) is 2.23. The predicted octanol–water partition coefficient (Wildman–Crippen LogP) is 4.71. The van der Waals surface area contributed by atoms with Gasteiger partial charge in [-0.25, -0.2) is 4.98 Å². The molecule has 3 aromatic rings. The molecule has 0 bridgehead atoms.